The highest BCUT2D eigenvalue weighted by atomic mass is 35.5. The van der Waals surface area contributed by atoms with Gasteiger partial charge in [0.05, 0.1) is 15.6 Å². The van der Waals surface area contributed by atoms with Crippen molar-refractivity contribution in [3.63, 3.8) is 0 Å². The lowest BCUT2D eigenvalue weighted by molar-refractivity contribution is 0.261. The van der Waals surface area contributed by atoms with E-state index in [1.807, 2.05) is 38.4 Å². The average Bonchev–Trinajstić information content (AvgIpc) is 2.78. The Hall–Kier alpha value is -3.13. The molecule has 2 aromatic carbocycles. The Morgan fingerprint density at radius 2 is 1.79 bits per heavy atom. The molecule has 0 radical (unpaired) electrons. The Morgan fingerprint density at radius 1 is 1.09 bits per heavy atom. The van der Waals surface area contributed by atoms with E-state index < -0.39 is 0 Å². The summed E-state index contributed by atoms with van der Waals surface area (Å²) in [7, 11) is 5.67. The van der Waals surface area contributed by atoms with E-state index in [0.29, 0.717) is 44.8 Å². The molecular formula is C24H23Cl2N5O2. The van der Waals surface area contributed by atoms with Crippen LogP contribution >= 0.6 is 23.2 Å². The van der Waals surface area contributed by atoms with Crippen LogP contribution in [0.3, 0.4) is 0 Å². The van der Waals surface area contributed by atoms with Crippen LogP contribution in [0.4, 0.5) is 11.6 Å². The Balaban J connectivity index is 1.60. The van der Waals surface area contributed by atoms with Gasteiger partial charge in [-0.3, -0.25) is 9.36 Å². The second-order valence-corrected chi connectivity index (χ2v) is 8.61. The summed E-state index contributed by atoms with van der Waals surface area (Å²) in [6.07, 6.45) is 1.66. The van der Waals surface area contributed by atoms with E-state index in [0.717, 1.165) is 18.0 Å². The van der Waals surface area contributed by atoms with E-state index in [1.165, 1.54) is 4.57 Å². The zero-order chi connectivity index (χ0) is 23.5. The fraction of sp³-hybridized carbons (Fsp3) is 0.208. The number of benzene rings is 2. The maximum atomic E-state index is 13.1. The van der Waals surface area contributed by atoms with E-state index >= 15 is 0 Å². The molecule has 2 aromatic heterocycles. The maximum Gasteiger partial charge on any atom is 0.259 e. The number of nitrogens with zero attached hydrogens (tertiary/aromatic N) is 4. The Morgan fingerprint density at radius 3 is 2.45 bits per heavy atom. The van der Waals surface area contributed by atoms with Crippen LogP contribution in [-0.2, 0) is 7.05 Å². The van der Waals surface area contributed by atoms with Crippen molar-refractivity contribution in [3.8, 4) is 16.9 Å². The molecule has 0 saturated heterocycles. The second kappa shape index (κ2) is 9.79. The number of anilines is 2. The lowest BCUT2D eigenvalue weighted by Gasteiger charge is -2.13. The number of rotatable bonds is 7. The van der Waals surface area contributed by atoms with Crippen molar-refractivity contribution in [2.24, 2.45) is 7.05 Å². The van der Waals surface area contributed by atoms with Gasteiger partial charge < -0.3 is 15.0 Å². The van der Waals surface area contributed by atoms with Crippen LogP contribution in [0.1, 0.15) is 0 Å². The first-order valence-electron chi connectivity index (χ1n) is 10.3. The summed E-state index contributed by atoms with van der Waals surface area (Å²) in [6, 6.07) is 14.4. The molecule has 4 aromatic rings. The van der Waals surface area contributed by atoms with Gasteiger partial charge in [-0.05, 0) is 56.6 Å². The van der Waals surface area contributed by atoms with Gasteiger partial charge >= 0.3 is 0 Å². The number of halogens is 2. The van der Waals surface area contributed by atoms with Crippen molar-refractivity contribution >= 4 is 45.9 Å². The van der Waals surface area contributed by atoms with E-state index in [-0.39, 0.29) is 5.56 Å². The van der Waals surface area contributed by atoms with Gasteiger partial charge in [-0.15, -0.1) is 0 Å². The molecule has 0 amide bonds. The first-order valence-corrected chi connectivity index (χ1v) is 11.0. The minimum absolute atomic E-state index is 0.249. The molecule has 1 N–H and O–H groups in total. The lowest BCUT2D eigenvalue weighted by atomic mass is 10.1. The van der Waals surface area contributed by atoms with Crippen molar-refractivity contribution < 1.29 is 4.74 Å². The molecule has 0 saturated carbocycles. The van der Waals surface area contributed by atoms with Crippen LogP contribution in [-0.4, -0.2) is 46.7 Å². The van der Waals surface area contributed by atoms with Gasteiger partial charge in [0.2, 0.25) is 5.95 Å². The minimum Gasteiger partial charge on any atom is -0.492 e. The number of likely N-dealkylation sites (N-methyl/N-ethyl adjacent to an activating group) is 1. The highest BCUT2D eigenvalue weighted by Crippen LogP contribution is 2.33. The van der Waals surface area contributed by atoms with E-state index in [9.17, 15) is 4.79 Å². The quantitative estimate of drug-likeness (QED) is 0.399. The van der Waals surface area contributed by atoms with Gasteiger partial charge in [-0.2, -0.15) is 4.98 Å². The molecule has 33 heavy (non-hydrogen) atoms. The molecule has 0 spiro atoms. The van der Waals surface area contributed by atoms with Gasteiger partial charge in [-0.25, -0.2) is 4.98 Å². The fourth-order valence-corrected chi connectivity index (χ4v) is 3.95. The molecular weight excluding hydrogens is 461 g/mol. The molecule has 9 heteroatoms. The summed E-state index contributed by atoms with van der Waals surface area (Å²) in [4.78, 5) is 24.1. The molecule has 0 aliphatic carbocycles. The molecule has 2 heterocycles. The SMILES string of the molecule is CN(C)CCOc1ccc(Nc2ncc3cc(-c4c(Cl)cccc4Cl)c(=O)n(C)c3n2)cc1. The van der Waals surface area contributed by atoms with Crippen LogP contribution in [0.15, 0.2) is 59.5 Å². The number of pyridine rings is 1. The third kappa shape index (κ3) is 5.11. The summed E-state index contributed by atoms with van der Waals surface area (Å²) in [5.74, 6) is 1.16. The van der Waals surface area contributed by atoms with Crippen molar-refractivity contribution in [1.82, 2.24) is 19.4 Å². The van der Waals surface area contributed by atoms with Gasteiger partial charge in [0.15, 0.2) is 0 Å². The summed E-state index contributed by atoms with van der Waals surface area (Å²) in [5, 5.41) is 4.68. The molecule has 0 aliphatic rings. The highest BCUT2D eigenvalue weighted by Gasteiger charge is 2.16. The molecule has 170 valence electrons. The summed E-state index contributed by atoms with van der Waals surface area (Å²) in [5.41, 5.74) is 1.95. The van der Waals surface area contributed by atoms with Crippen molar-refractivity contribution in [3.05, 3.63) is 75.1 Å². The van der Waals surface area contributed by atoms with Crippen LogP contribution in [0.25, 0.3) is 22.2 Å². The number of fused-ring (bicyclic) bond motifs is 1. The highest BCUT2D eigenvalue weighted by molar-refractivity contribution is 6.39. The van der Waals surface area contributed by atoms with Crippen LogP contribution in [0.5, 0.6) is 5.75 Å². The lowest BCUT2D eigenvalue weighted by Crippen LogP contribution is -2.20. The smallest absolute Gasteiger partial charge is 0.259 e. The monoisotopic (exact) mass is 483 g/mol. The minimum atomic E-state index is -0.249. The van der Waals surface area contributed by atoms with Gasteiger partial charge in [0.1, 0.15) is 18.0 Å². The summed E-state index contributed by atoms with van der Waals surface area (Å²) in [6.45, 7) is 1.46. The molecule has 0 fully saturated rings. The summed E-state index contributed by atoms with van der Waals surface area (Å²) >= 11 is 12.6. The van der Waals surface area contributed by atoms with Crippen LogP contribution in [0.2, 0.25) is 10.0 Å². The molecule has 4 rings (SSSR count). The molecule has 7 nitrogen and oxygen atoms in total. The number of aromatic nitrogens is 3. The average molecular weight is 484 g/mol. The fourth-order valence-electron chi connectivity index (χ4n) is 3.35. The van der Waals surface area contributed by atoms with Crippen molar-refractivity contribution in [2.75, 3.05) is 32.6 Å². The molecule has 0 aliphatic heterocycles. The van der Waals surface area contributed by atoms with E-state index in [2.05, 4.69) is 20.2 Å². The molecule has 0 bridgehead atoms. The van der Waals surface area contributed by atoms with E-state index in [4.69, 9.17) is 27.9 Å². The van der Waals surface area contributed by atoms with Crippen molar-refractivity contribution in [2.45, 2.75) is 0 Å². The van der Waals surface area contributed by atoms with Crippen LogP contribution in [0, 0.1) is 0 Å². The third-order valence-electron chi connectivity index (χ3n) is 5.10. The molecule has 0 atom stereocenters. The van der Waals surface area contributed by atoms with Gasteiger partial charge in [0.25, 0.3) is 5.56 Å². The van der Waals surface area contributed by atoms with Gasteiger partial charge in [0, 0.05) is 36.4 Å². The molecule has 0 unspecified atom stereocenters. The predicted octanol–water partition coefficient (Wildman–Crippen LogP) is 4.99. The normalized spacial score (nSPS) is 11.2. The Labute approximate surface area is 201 Å². The standard InChI is InChI=1S/C24H23Cl2N5O2/c1-30(2)11-12-33-17-9-7-16(8-10-17)28-24-27-14-15-13-18(23(32)31(3)22(15)29-24)21-19(25)5-4-6-20(21)26/h4-10,13-14H,11-12H2,1-3H3,(H,27,28,29). The number of nitrogens with one attached hydrogen (secondary N) is 1. The first kappa shape index (κ1) is 23.0. The predicted molar refractivity (Wildman–Crippen MR) is 134 cm³/mol. The second-order valence-electron chi connectivity index (χ2n) is 7.79. The Kier molecular flexibility index (Phi) is 6.83. The number of hydrogen-bond donors (Lipinski definition) is 1. The third-order valence-corrected chi connectivity index (χ3v) is 5.73. The zero-order valence-electron chi connectivity index (χ0n) is 18.5. The first-order chi connectivity index (χ1) is 15.8. The van der Waals surface area contributed by atoms with E-state index in [1.54, 1.807) is 37.5 Å². The Bertz CT molecular complexity index is 1330. The number of ether oxygens (including phenoxy) is 1. The largest absolute Gasteiger partial charge is 0.492 e. The number of aryl methyl sites for hydroxylation is 1. The van der Waals surface area contributed by atoms with Crippen molar-refractivity contribution in [1.29, 1.82) is 0 Å². The zero-order valence-corrected chi connectivity index (χ0v) is 20.0. The maximum absolute atomic E-state index is 13.1. The summed E-state index contributed by atoms with van der Waals surface area (Å²) < 4.78 is 7.19. The van der Waals surface area contributed by atoms with Crippen LogP contribution < -0.4 is 15.6 Å². The topological polar surface area (TPSA) is 72.3 Å². The van der Waals surface area contributed by atoms with Gasteiger partial charge in [-0.1, -0.05) is 29.3 Å². The number of hydrogen-bond acceptors (Lipinski definition) is 6.